The number of ether oxygens (including phenoxy) is 3. The zero-order valence-electron chi connectivity index (χ0n) is 47.9. The minimum absolute atomic E-state index is 0.0410. The van der Waals surface area contributed by atoms with Crippen LogP contribution in [0.5, 0.6) is 11.5 Å². The fourth-order valence-electron chi connectivity index (χ4n) is 11.4. The van der Waals surface area contributed by atoms with E-state index in [9.17, 15) is 9.59 Å². The first-order chi connectivity index (χ1) is 34.1. The van der Waals surface area contributed by atoms with Crippen LogP contribution in [-0.4, -0.2) is 48.4 Å². The first-order valence-corrected chi connectivity index (χ1v) is 29.5. The molecule has 0 aromatic heterocycles. The Hall–Kier alpha value is -3.42. The van der Waals surface area contributed by atoms with Crippen molar-refractivity contribution in [3.63, 3.8) is 0 Å². The maximum Gasteiger partial charge on any atom is 0.343 e. The molecule has 2 atom stereocenters. The van der Waals surface area contributed by atoms with Crippen molar-refractivity contribution in [3.05, 3.63) is 44.5 Å². The molecule has 0 spiro atoms. The number of methoxy groups -OCH3 is 1. The summed E-state index contributed by atoms with van der Waals surface area (Å²) in [6.07, 6.45) is 46.0. The van der Waals surface area contributed by atoms with E-state index >= 15 is 0 Å². The Balaban J connectivity index is 0.000000375. The van der Waals surface area contributed by atoms with Gasteiger partial charge in [0.1, 0.15) is 11.5 Å². The number of aliphatic carboxylic acids is 1. The van der Waals surface area contributed by atoms with Gasteiger partial charge in [-0.1, -0.05) is 194 Å². The minimum atomic E-state index is -0.932. The highest BCUT2D eigenvalue weighted by molar-refractivity contribution is 5.73. The molecule has 4 rings (SSSR count). The van der Waals surface area contributed by atoms with Gasteiger partial charge in [0.2, 0.25) is 0 Å². The van der Waals surface area contributed by atoms with E-state index in [1.54, 1.807) is 0 Å². The molecule has 2 aliphatic rings. The first-order valence-electron chi connectivity index (χ1n) is 29.5. The van der Waals surface area contributed by atoms with E-state index in [-0.39, 0.29) is 30.3 Å². The number of nitrogens with one attached hydrogen (secondary N) is 2. The molecule has 0 radical (unpaired) electrons. The molecule has 0 saturated heterocycles. The summed E-state index contributed by atoms with van der Waals surface area (Å²) in [5.41, 5.74) is 12.3. The quantitative estimate of drug-likeness (QED) is 0.0458. The molecular formula is C63H108N2O6. The van der Waals surface area contributed by atoms with E-state index in [0.717, 1.165) is 59.4 Å². The summed E-state index contributed by atoms with van der Waals surface area (Å²) in [7, 11) is 1.40. The summed E-state index contributed by atoms with van der Waals surface area (Å²) in [6, 6.07) is 0. The van der Waals surface area contributed by atoms with Crippen molar-refractivity contribution in [3.8, 4) is 11.5 Å². The van der Waals surface area contributed by atoms with E-state index in [2.05, 4.69) is 72.9 Å². The van der Waals surface area contributed by atoms with Crippen LogP contribution in [0.1, 0.15) is 278 Å². The highest BCUT2D eigenvalue weighted by Crippen LogP contribution is 2.45. The van der Waals surface area contributed by atoms with Gasteiger partial charge in [0, 0.05) is 22.5 Å². The minimum Gasteiger partial charge on any atom is -0.481 e. The summed E-state index contributed by atoms with van der Waals surface area (Å²) in [5, 5.41) is 16.8. The smallest absolute Gasteiger partial charge is 0.343 e. The Morgan fingerprint density at radius 2 is 0.746 bits per heavy atom. The predicted octanol–water partition coefficient (Wildman–Crippen LogP) is 18.2. The maximum absolute atomic E-state index is 11.6. The van der Waals surface area contributed by atoms with Gasteiger partial charge in [-0.15, -0.1) is 0 Å². The number of carbonyl (C=O) groups is 2. The highest BCUT2D eigenvalue weighted by Gasteiger charge is 2.34. The molecule has 406 valence electrons. The average molecular weight is 990 g/mol. The van der Waals surface area contributed by atoms with Gasteiger partial charge in [0.15, 0.2) is 13.2 Å². The number of fused-ring (bicyclic) bond motifs is 2. The molecule has 2 aliphatic heterocycles. The van der Waals surface area contributed by atoms with Crippen molar-refractivity contribution >= 4 is 23.3 Å². The lowest BCUT2D eigenvalue weighted by molar-refractivity contribution is -0.143. The fourth-order valence-corrected chi connectivity index (χ4v) is 11.4. The van der Waals surface area contributed by atoms with E-state index < -0.39 is 5.97 Å². The molecule has 0 saturated carbocycles. The molecule has 0 fully saturated rings. The maximum atomic E-state index is 11.6. The molecule has 71 heavy (non-hydrogen) atoms. The number of anilines is 2. The molecule has 0 bridgehead atoms. The average Bonchev–Trinajstić information content (AvgIpc) is 3.35. The largest absolute Gasteiger partial charge is 0.481 e. The van der Waals surface area contributed by atoms with Gasteiger partial charge in [0.05, 0.1) is 7.11 Å². The second-order valence-electron chi connectivity index (χ2n) is 22.7. The van der Waals surface area contributed by atoms with Crippen LogP contribution in [0.25, 0.3) is 0 Å². The molecule has 2 heterocycles. The number of esters is 1. The van der Waals surface area contributed by atoms with Crippen LogP contribution in [0, 0.1) is 41.5 Å². The molecule has 3 N–H and O–H groups in total. The summed E-state index contributed by atoms with van der Waals surface area (Å²) in [4.78, 5) is 22.6. The monoisotopic (exact) mass is 989 g/mol. The number of hydrogen-bond acceptors (Lipinski definition) is 7. The lowest BCUT2D eigenvalue weighted by atomic mass is 9.80. The van der Waals surface area contributed by atoms with Crippen molar-refractivity contribution in [2.24, 2.45) is 0 Å². The van der Waals surface area contributed by atoms with Crippen LogP contribution in [0.15, 0.2) is 0 Å². The van der Waals surface area contributed by atoms with Gasteiger partial charge >= 0.3 is 11.9 Å². The molecule has 0 amide bonds. The standard InChI is InChI=1S/C32H55NO3.C31H53NO3/c1-7-8-9-10-11-12-13-14-15-16-17-18-19-20-22-32(5)23-21-28-27(4)31(36-24-29(34)35-6)26(3)25(2)30(28)33-32;1-6-7-8-9-10-11-12-13-14-15-16-17-18-19-21-31(5)22-20-27-26(4)30(35-23-28(33)34)25(3)24(2)29(27)32-31/h33H,7-24H2,1-6H3;32H,6-23H2,1-5H3,(H,33,34). The van der Waals surface area contributed by atoms with E-state index in [1.807, 2.05) is 6.92 Å². The first kappa shape index (κ1) is 61.9. The van der Waals surface area contributed by atoms with Gasteiger partial charge in [0.25, 0.3) is 0 Å². The van der Waals surface area contributed by atoms with Crippen molar-refractivity contribution in [2.75, 3.05) is 31.0 Å². The fraction of sp³-hybridized carbons (Fsp3) is 0.778. The zero-order valence-corrected chi connectivity index (χ0v) is 47.9. The predicted molar refractivity (Wildman–Crippen MR) is 303 cm³/mol. The second kappa shape index (κ2) is 34.1. The van der Waals surface area contributed by atoms with Gasteiger partial charge < -0.3 is 30.0 Å². The third kappa shape index (κ3) is 21.9. The Labute approximate surface area is 436 Å². The number of carboxylic acids is 1. The van der Waals surface area contributed by atoms with E-state index in [1.165, 1.54) is 233 Å². The Morgan fingerprint density at radius 3 is 1.04 bits per heavy atom. The molecule has 2 unspecified atom stereocenters. The van der Waals surface area contributed by atoms with Crippen LogP contribution >= 0.6 is 0 Å². The molecular weight excluding hydrogens is 881 g/mol. The third-order valence-corrected chi connectivity index (χ3v) is 16.5. The third-order valence-electron chi connectivity index (χ3n) is 16.5. The molecule has 0 aliphatic carbocycles. The summed E-state index contributed by atoms with van der Waals surface area (Å²) in [5.74, 6) is 0.316. The summed E-state index contributed by atoms with van der Waals surface area (Å²) >= 11 is 0. The summed E-state index contributed by atoms with van der Waals surface area (Å²) < 4.78 is 16.3. The van der Waals surface area contributed by atoms with Crippen molar-refractivity contribution in [1.29, 1.82) is 0 Å². The zero-order chi connectivity index (χ0) is 52.1. The van der Waals surface area contributed by atoms with Crippen LogP contribution in [0.2, 0.25) is 0 Å². The van der Waals surface area contributed by atoms with Crippen LogP contribution in [0.4, 0.5) is 11.4 Å². The molecule has 8 nitrogen and oxygen atoms in total. The Morgan fingerprint density at radius 1 is 0.451 bits per heavy atom. The van der Waals surface area contributed by atoms with Gasteiger partial charge in [-0.05, 0) is 138 Å². The number of unbranched alkanes of at least 4 members (excludes halogenated alkanes) is 26. The Bertz CT molecular complexity index is 1860. The molecule has 2 aromatic carbocycles. The van der Waals surface area contributed by atoms with Gasteiger partial charge in [-0.3, -0.25) is 0 Å². The number of carboxylic acid groups (broad SMARTS) is 1. The molecule has 2 aromatic rings. The van der Waals surface area contributed by atoms with Crippen molar-refractivity contribution in [1.82, 2.24) is 0 Å². The van der Waals surface area contributed by atoms with Crippen molar-refractivity contribution in [2.45, 2.75) is 299 Å². The number of carbonyl (C=O) groups excluding carboxylic acids is 1. The van der Waals surface area contributed by atoms with Gasteiger partial charge in [-0.25, -0.2) is 9.59 Å². The Kier molecular flexibility index (Phi) is 29.8. The van der Waals surface area contributed by atoms with Crippen LogP contribution in [0.3, 0.4) is 0 Å². The lowest BCUT2D eigenvalue weighted by Gasteiger charge is -2.39. The number of rotatable bonds is 36. The summed E-state index contributed by atoms with van der Waals surface area (Å²) in [6.45, 7) is 21.6. The number of hydrogen-bond donors (Lipinski definition) is 3. The normalized spacial score (nSPS) is 17.1. The van der Waals surface area contributed by atoms with E-state index in [0.29, 0.717) is 0 Å². The lowest BCUT2D eigenvalue weighted by Crippen LogP contribution is -2.39. The second-order valence-corrected chi connectivity index (χ2v) is 22.7. The number of benzene rings is 2. The molecule has 8 heteroatoms. The SMILES string of the molecule is CCCCCCCCCCCCCCCCC1(C)CCc2c(C)c(OCC(=O)O)c(C)c(C)c2N1.CCCCCCCCCCCCCCCCC1(C)CCc2c(C)c(OCC(=O)OC)c(C)c(C)c2N1. The van der Waals surface area contributed by atoms with E-state index in [4.69, 9.17) is 19.3 Å². The van der Waals surface area contributed by atoms with Crippen LogP contribution < -0.4 is 20.1 Å². The topological polar surface area (TPSA) is 106 Å². The van der Waals surface area contributed by atoms with Crippen LogP contribution in [-0.2, 0) is 27.2 Å². The van der Waals surface area contributed by atoms with Crippen molar-refractivity contribution < 1.29 is 28.9 Å². The van der Waals surface area contributed by atoms with Gasteiger partial charge in [-0.2, -0.15) is 0 Å². The highest BCUT2D eigenvalue weighted by atomic mass is 16.6.